The molecule has 0 radical (unpaired) electrons. The first-order chi connectivity index (χ1) is 10.8. The van der Waals surface area contributed by atoms with Crippen LogP contribution in [0.15, 0.2) is 31.0 Å². The standard InChI is InChI=1S/C15H19N7/c1-20-14-13(9-19-20)15(17-11-16-14)22-8-3-2-5-12(22)10-21-7-4-6-18-21/h4,6-7,9,11-12H,2-3,5,8,10H2,1H3. The Morgan fingerprint density at radius 3 is 3.05 bits per heavy atom. The fourth-order valence-corrected chi connectivity index (χ4v) is 3.27. The highest BCUT2D eigenvalue weighted by molar-refractivity contribution is 5.86. The molecule has 3 aromatic rings. The quantitative estimate of drug-likeness (QED) is 0.735. The summed E-state index contributed by atoms with van der Waals surface area (Å²) in [6, 6.07) is 2.38. The third-order valence-corrected chi connectivity index (χ3v) is 4.36. The van der Waals surface area contributed by atoms with Gasteiger partial charge in [-0.3, -0.25) is 9.36 Å². The Balaban J connectivity index is 1.71. The summed E-state index contributed by atoms with van der Waals surface area (Å²) in [7, 11) is 1.91. The summed E-state index contributed by atoms with van der Waals surface area (Å²) >= 11 is 0. The van der Waals surface area contributed by atoms with Gasteiger partial charge < -0.3 is 4.90 Å². The first-order valence-electron chi connectivity index (χ1n) is 7.70. The van der Waals surface area contributed by atoms with Crippen molar-refractivity contribution < 1.29 is 0 Å². The number of aromatic nitrogens is 6. The second-order valence-electron chi connectivity index (χ2n) is 5.77. The molecule has 0 N–H and O–H groups in total. The molecule has 1 aliphatic rings. The minimum absolute atomic E-state index is 0.409. The van der Waals surface area contributed by atoms with Crippen molar-refractivity contribution in [3.63, 3.8) is 0 Å². The largest absolute Gasteiger partial charge is 0.351 e. The van der Waals surface area contributed by atoms with E-state index in [2.05, 4.69) is 25.1 Å². The van der Waals surface area contributed by atoms with E-state index < -0.39 is 0 Å². The molecule has 0 spiro atoms. The van der Waals surface area contributed by atoms with Crippen LogP contribution in [0, 0.1) is 0 Å². The second kappa shape index (κ2) is 5.40. The number of anilines is 1. The van der Waals surface area contributed by atoms with Gasteiger partial charge in [-0.1, -0.05) is 0 Å². The lowest BCUT2D eigenvalue weighted by Gasteiger charge is -2.36. The number of rotatable bonds is 3. The van der Waals surface area contributed by atoms with Crippen molar-refractivity contribution in [2.45, 2.75) is 31.8 Å². The molecule has 0 saturated carbocycles. The molecule has 7 heteroatoms. The minimum Gasteiger partial charge on any atom is -0.351 e. The maximum atomic E-state index is 4.56. The molecule has 0 bridgehead atoms. The van der Waals surface area contributed by atoms with Crippen molar-refractivity contribution in [1.29, 1.82) is 0 Å². The second-order valence-corrected chi connectivity index (χ2v) is 5.77. The van der Waals surface area contributed by atoms with E-state index >= 15 is 0 Å². The first-order valence-corrected chi connectivity index (χ1v) is 7.70. The van der Waals surface area contributed by atoms with E-state index in [4.69, 9.17) is 0 Å². The molecule has 1 fully saturated rings. The molecule has 4 rings (SSSR count). The highest BCUT2D eigenvalue weighted by Crippen LogP contribution is 2.29. The molecule has 4 heterocycles. The van der Waals surface area contributed by atoms with Gasteiger partial charge in [0.15, 0.2) is 5.65 Å². The van der Waals surface area contributed by atoms with Crippen molar-refractivity contribution in [2.75, 3.05) is 11.4 Å². The van der Waals surface area contributed by atoms with Crippen LogP contribution < -0.4 is 4.90 Å². The van der Waals surface area contributed by atoms with Gasteiger partial charge in [-0.05, 0) is 25.3 Å². The van der Waals surface area contributed by atoms with E-state index in [1.807, 2.05) is 36.4 Å². The summed E-state index contributed by atoms with van der Waals surface area (Å²) in [6.45, 7) is 1.91. The number of fused-ring (bicyclic) bond motifs is 1. The molecule has 1 saturated heterocycles. The van der Waals surface area contributed by atoms with Gasteiger partial charge in [0.25, 0.3) is 0 Å². The SMILES string of the molecule is Cn1ncc2c(N3CCCCC3Cn3cccn3)ncnc21. The molecule has 1 aliphatic heterocycles. The van der Waals surface area contributed by atoms with Crippen molar-refractivity contribution in [1.82, 2.24) is 29.5 Å². The van der Waals surface area contributed by atoms with Crippen LogP contribution in [0.2, 0.25) is 0 Å². The Kier molecular flexibility index (Phi) is 3.25. The molecule has 1 unspecified atom stereocenters. The number of piperidine rings is 1. The van der Waals surface area contributed by atoms with Gasteiger partial charge >= 0.3 is 0 Å². The molecule has 3 aromatic heterocycles. The lowest BCUT2D eigenvalue weighted by Crippen LogP contribution is -2.43. The van der Waals surface area contributed by atoms with Crippen LogP contribution in [0.1, 0.15) is 19.3 Å². The monoisotopic (exact) mass is 297 g/mol. The van der Waals surface area contributed by atoms with Gasteiger partial charge in [0, 0.05) is 26.0 Å². The number of nitrogens with zero attached hydrogens (tertiary/aromatic N) is 7. The van der Waals surface area contributed by atoms with Gasteiger partial charge in [0.2, 0.25) is 0 Å². The zero-order chi connectivity index (χ0) is 14.9. The minimum atomic E-state index is 0.409. The van der Waals surface area contributed by atoms with Crippen LogP contribution in [-0.2, 0) is 13.6 Å². The Morgan fingerprint density at radius 1 is 1.23 bits per heavy atom. The summed E-state index contributed by atoms with van der Waals surface area (Å²) in [4.78, 5) is 11.3. The zero-order valence-electron chi connectivity index (χ0n) is 12.6. The highest BCUT2D eigenvalue weighted by Gasteiger charge is 2.26. The highest BCUT2D eigenvalue weighted by atomic mass is 15.3. The van der Waals surface area contributed by atoms with Crippen LogP contribution in [0.5, 0.6) is 0 Å². The molecular weight excluding hydrogens is 278 g/mol. The van der Waals surface area contributed by atoms with E-state index in [1.165, 1.54) is 12.8 Å². The Morgan fingerprint density at radius 2 is 2.18 bits per heavy atom. The van der Waals surface area contributed by atoms with Crippen molar-refractivity contribution in [3.8, 4) is 0 Å². The Labute approximate surface area is 128 Å². The number of hydrogen-bond donors (Lipinski definition) is 0. The molecular formula is C15H19N7. The number of hydrogen-bond acceptors (Lipinski definition) is 5. The first kappa shape index (κ1) is 13.2. The summed E-state index contributed by atoms with van der Waals surface area (Å²) in [6.07, 6.45) is 11.0. The van der Waals surface area contributed by atoms with Crippen molar-refractivity contribution >= 4 is 16.9 Å². The Hall–Kier alpha value is -2.44. The summed E-state index contributed by atoms with van der Waals surface area (Å²) in [5, 5.41) is 9.69. The maximum absolute atomic E-state index is 4.56. The molecule has 0 aromatic carbocycles. The van der Waals surface area contributed by atoms with Gasteiger partial charge in [-0.2, -0.15) is 10.2 Å². The number of aryl methyl sites for hydroxylation is 1. The molecule has 0 aliphatic carbocycles. The van der Waals surface area contributed by atoms with Gasteiger partial charge in [0.05, 0.1) is 24.2 Å². The maximum Gasteiger partial charge on any atom is 0.163 e. The smallest absolute Gasteiger partial charge is 0.163 e. The van der Waals surface area contributed by atoms with Gasteiger partial charge in [0.1, 0.15) is 12.1 Å². The van der Waals surface area contributed by atoms with Crippen LogP contribution in [0.3, 0.4) is 0 Å². The lowest BCUT2D eigenvalue weighted by atomic mass is 10.0. The molecule has 22 heavy (non-hydrogen) atoms. The molecule has 7 nitrogen and oxygen atoms in total. The van der Waals surface area contributed by atoms with Crippen LogP contribution in [0.4, 0.5) is 5.82 Å². The average Bonchev–Trinajstić information content (AvgIpc) is 3.18. The van der Waals surface area contributed by atoms with E-state index in [9.17, 15) is 0 Å². The topological polar surface area (TPSA) is 64.7 Å². The third kappa shape index (κ3) is 2.22. The average molecular weight is 297 g/mol. The van der Waals surface area contributed by atoms with E-state index in [-0.39, 0.29) is 0 Å². The fourth-order valence-electron chi connectivity index (χ4n) is 3.27. The molecule has 0 amide bonds. The van der Waals surface area contributed by atoms with Crippen molar-refractivity contribution in [3.05, 3.63) is 31.0 Å². The lowest BCUT2D eigenvalue weighted by molar-refractivity contribution is 0.397. The van der Waals surface area contributed by atoms with Crippen LogP contribution in [-0.4, -0.2) is 42.1 Å². The normalized spacial score (nSPS) is 19.0. The predicted octanol–water partition coefficient (Wildman–Crippen LogP) is 1.62. The van der Waals surface area contributed by atoms with E-state index in [1.54, 1.807) is 11.0 Å². The third-order valence-electron chi connectivity index (χ3n) is 4.36. The van der Waals surface area contributed by atoms with Crippen molar-refractivity contribution in [2.24, 2.45) is 7.05 Å². The molecule has 1 atom stereocenters. The summed E-state index contributed by atoms with van der Waals surface area (Å²) in [5.74, 6) is 0.995. The summed E-state index contributed by atoms with van der Waals surface area (Å²) in [5.41, 5.74) is 0.883. The summed E-state index contributed by atoms with van der Waals surface area (Å²) < 4.78 is 3.80. The van der Waals surface area contributed by atoms with E-state index in [0.717, 1.165) is 36.4 Å². The van der Waals surface area contributed by atoms with Gasteiger partial charge in [-0.15, -0.1) is 0 Å². The predicted molar refractivity (Wildman–Crippen MR) is 83.5 cm³/mol. The van der Waals surface area contributed by atoms with Crippen LogP contribution >= 0.6 is 0 Å². The van der Waals surface area contributed by atoms with Crippen LogP contribution in [0.25, 0.3) is 11.0 Å². The fraction of sp³-hybridized carbons (Fsp3) is 0.467. The Bertz CT molecular complexity index is 761. The zero-order valence-corrected chi connectivity index (χ0v) is 12.6. The van der Waals surface area contributed by atoms with E-state index in [0.29, 0.717) is 6.04 Å². The molecule has 114 valence electrons. The van der Waals surface area contributed by atoms with Gasteiger partial charge in [-0.25, -0.2) is 9.97 Å².